The first-order chi connectivity index (χ1) is 9.13. The Morgan fingerprint density at radius 2 is 2.26 bits per heavy atom. The molecule has 1 atom stereocenters. The van der Waals surface area contributed by atoms with E-state index in [-0.39, 0.29) is 16.9 Å². The van der Waals surface area contributed by atoms with Crippen LogP contribution in [0.2, 0.25) is 5.02 Å². The van der Waals surface area contributed by atoms with Crippen molar-refractivity contribution >= 4 is 11.6 Å². The highest BCUT2D eigenvalue weighted by Crippen LogP contribution is 2.27. The molecule has 0 bridgehead atoms. The second-order valence-corrected chi connectivity index (χ2v) is 4.88. The molecule has 0 amide bonds. The van der Waals surface area contributed by atoms with Gasteiger partial charge in [-0.1, -0.05) is 30.7 Å². The monoisotopic (exact) mass is 281 g/mol. The van der Waals surface area contributed by atoms with Crippen molar-refractivity contribution in [3.8, 4) is 0 Å². The lowest BCUT2D eigenvalue weighted by Gasteiger charge is -2.18. The van der Waals surface area contributed by atoms with Crippen LogP contribution in [0.15, 0.2) is 30.6 Å². The van der Waals surface area contributed by atoms with E-state index in [0.717, 1.165) is 18.5 Å². The molecule has 2 rings (SSSR count). The standard InChI is InChI=1S/C14H17ClFN3/c1-3-7-17-14(10-8-18-19(2)9-10)11-5-4-6-12(15)13(11)16/h4-6,8-9,14,17H,3,7H2,1-2H3. The molecular weight excluding hydrogens is 265 g/mol. The number of benzene rings is 1. The molecule has 0 saturated carbocycles. The lowest BCUT2D eigenvalue weighted by molar-refractivity contribution is 0.546. The van der Waals surface area contributed by atoms with Gasteiger partial charge in [0.25, 0.3) is 0 Å². The van der Waals surface area contributed by atoms with Crippen molar-refractivity contribution in [2.24, 2.45) is 7.05 Å². The summed E-state index contributed by atoms with van der Waals surface area (Å²) in [5.41, 5.74) is 1.48. The van der Waals surface area contributed by atoms with Crippen molar-refractivity contribution in [3.63, 3.8) is 0 Å². The zero-order valence-electron chi connectivity index (χ0n) is 11.0. The number of aryl methyl sites for hydroxylation is 1. The zero-order valence-corrected chi connectivity index (χ0v) is 11.8. The maximum absolute atomic E-state index is 14.2. The van der Waals surface area contributed by atoms with Crippen molar-refractivity contribution in [1.29, 1.82) is 0 Å². The number of hydrogen-bond donors (Lipinski definition) is 1. The maximum atomic E-state index is 14.2. The molecular formula is C14H17ClFN3. The van der Waals surface area contributed by atoms with E-state index in [9.17, 15) is 4.39 Å². The van der Waals surface area contributed by atoms with E-state index in [4.69, 9.17) is 11.6 Å². The Morgan fingerprint density at radius 3 is 2.89 bits per heavy atom. The summed E-state index contributed by atoms with van der Waals surface area (Å²) in [6, 6.07) is 4.84. The van der Waals surface area contributed by atoms with Gasteiger partial charge in [-0.05, 0) is 19.0 Å². The number of nitrogens with one attached hydrogen (secondary N) is 1. The van der Waals surface area contributed by atoms with Gasteiger partial charge in [0.15, 0.2) is 0 Å². The fourth-order valence-corrected chi connectivity index (χ4v) is 2.21. The van der Waals surface area contributed by atoms with Gasteiger partial charge in [0.05, 0.1) is 17.3 Å². The van der Waals surface area contributed by atoms with Crippen LogP contribution in [0.5, 0.6) is 0 Å². The molecule has 0 aliphatic rings. The lowest BCUT2D eigenvalue weighted by atomic mass is 10.0. The Bertz CT molecular complexity index is 553. The smallest absolute Gasteiger partial charge is 0.146 e. The van der Waals surface area contributed by atoms with Crippen molar-refractivity contribution in [1.82, 2.24) is 15.1 Å². The van der Waals surface area contributed by atoms with Crippen LogP contribution in [0.4, 0.5) is 4.39 Å². The van der Waals surface area contributed by atoms with Crippen LogP contribution in [0.1, 0.15) is 30.5 Å². The van der Waals surface area contributed by atoms with E-state index in [1.54, 1.807) is 29.1 Å². The van der Waals surface area contributed by atoms with Gasteiger partial charge in [-0.2, -0.15) is 5.10 Å². The molecule has 1 heterocycles. The third-order valence-electron chi connectivity index (χ3n) is 2.95. The fraction of sp³-hybridized carbons (Fsp3) is 0.357. The molecule has 19 heavy (non-hydrogen) atoms. The van der Waals surface area contributed by atoms with Gasteiger partial charge in [0, 0.05) is 24.4 Å². The van der Waals surface area contributed by atoms with Crippen molar-refractivity contribution < 1.29 is 4.39 Å². The molecule has 1 unspecified atom stereocenters. The summed E-state index contributed by atoms with van der Waals surface area (Å²) < 4.78 is 15.9. The Kier molecular flexibility index (Phi) is 4.56. The number of halogens is 2. The first kappa shape index (κ1) is 14.0. The molecule has 0 spiro atoms. The molecule has 0 radical (unpaired) electrons. The number of rotatable bonds is 5. The Hall–Kier alpha value is -1.39. The number of nitrogens with zero attached hydrogens (tertiary/aromatic N) is 2. The molecule has 0 saturated heterocycles. The molecule has 102 valence electrons. The van der Waals surface area contributed by atoms with E-state index >= 15 is 0 Å². The second kappa shape index (κ2) is 6.17. The molecule has 1 N–H and O–H groups in total. The van der Waals surface area contributed by atoms with Crippen LogP contribution < -0.4 is 5.32 Å². The van der Waals surface area contributed by atoms with E-state index in [1.165, 1.54) is 0 Å². The van der Waals surface area contributed by atoms with Crippen LogP contribution in [-0.2, 0) is 7.05 Å². The summed E-state index contributed by atoms with van der Waals surface area (Å²) in [5, 5.41) is 7.62. The van der Waals surface area contributed by atoms with Crippen molar-refractivity contribution in [2.45, 2.75) is 19.4 Å². The summed E-state index contributed by atoms with van der Waals surface area (Å²) >= 11 is 5.86. The summed E-state index contributed by atoms with van der Waals surface area (Å²) in [7, 11) is 1.84. The molecule has 2 aromatic rings. The Labute approximate surface area is 117 Å². The van der Waals surface area contributed by atoms with Gasteiger partial charge in [0.1, 0.15) is 5.82 Å². The summed E-state index contributed by atoms with van der Waals surface area (Å²) in [4.78, 5) is 0. The van der Waals surface area contributed by atoms with Gasteiger partial charge < -0.3 is 5.32 Å². The van der Waals surface area contributed by atoms with Crippen molar-refractivity contribution in [2.75, 3.05) is 6.54 Å². The van der Waals surface area contributed by atoms with E-state index in [0.29, 0.717) is 5.56 Å². The quantitative estimate of drug-likeness (QED) is 0.911. The first-order valence-corrected chi connectivity index (χ1v) is 6.67. The van der Waals surface area contributed by atoms with Crippen LogP contribution in [0.3, 0.4) is 0 Å². The SMILES string of the molecule is CCCNC(c1cnn(C)c1)c1cccc(Cl)c1F. The fourth-order valence-electron chi connectivity index (χ4n) is 2.03. The van der Waals surface area contributed by atoms with E-state index < -0.39 is 0 Å². The molecule has 5 heteroatoms. The minimum absolute atomic E-state index is 0.143. The van der Waals surface area contributed by atoms with Gasteiger partial charge in [0.2, 0.25) is 0 Å². The summed E-state index contributed by atoms with van der Waals surface area (Å²) in [6.07, 6.45) is 4.60. The minimum Gasteiger partial charge on any atom is -0.306 e. The third-order valence-corrected chi connectivity index (χ3v) is 3.24. The highest BCUT2D eigenvalue weighted by molar-refractivity contribution is 6.30. The minimum atomic E-state index is -0.373. The lowest BCUT2D eigenvalue weighted by Crippen LogP contribution is -2.24. The normalized spacial score (nSPS) is 12.6. The van der Waals surface area contributed by atoms with Crippen LogP contribution >= 0.6 is 11.6 Å². The molecule has 0 fully saturated rings. The average molecular weight is 282 g/mol. The number of hydrogen-bond acceptors (Lipinski definition) is 2. The molecule has 3 nitrogen and oxygen atoms in total. The first-order valence-electron chi connectivity index (χ1n) is 6.29. The van der Waals surface area contributed by atoms with Crippen molar-refractivity contribution in [3.05, 3.63) is 52.6 Å². The predicted octanol–water partition coefficient (Wildman–Crippen LogP) is 3.30. The average Bonchev–Trinajstić information content (AvgIpc) is 2.81. The van der Waals surface area contributed by atoms with Gasteiger partial charge in [-0.15, -0.1) is 0 Å². The predicted molar refractivity (Wildman–Crippen MR) is 74.8 cm³/mol. The Balaban J connectivity index is 2.39. The third kappa shape index (κ3) is 3.14. The number of aromatic nitrogens is 2. The largest absolute Gasteiger partial charge is 0.306 e. The van der Waals surface area contributed by atoms with Crippen LogP contribution in [0.25, 0.3) is 0 Å². The molecule has 1 aromatic carbocycles. The second-order valence-electron chi connectivity index (χ2n) is 4.48. The Morgan fingerprint density at radius 1 is 1.47 bits per heavy atom. The zero-order chi connectivity index (χ0) is 13.8. The van der Waals surface area contributed by atoms with E-state index in [1.807, 2.05) is 13.2 Å². The molecule has 0 aliphatic heterocycles. The van der Waals surface area contributed by atoms with Crippen LogP contribution in [-0.4, -0.2) is 16.3 Å². The summed E-state index contributed by atoms with van der Waals surface area (Å²) in [5.74, 6) is -0.373. The van der Waals surface area contributed by atoms with Crippen LogP contribution in [0, 0.1) is 5.82 Å². The highest BCUT2D eigenvalue weighted by atomic mass is 35.5. The van der Waals surface area contributed by atoms with Gasteiger partial charge >= 0.3 is 0 Å². The van der Waals surface area contributed by atoms with E-state index in [2.05, 4.69) is 17.3 Å². The van der Waals surface area contributed by atoms with Gasteiger partial charge in [-0.25, -0.2) is 4.39 Å². The van der Waals surface area contributed by atoms with Gasteiger partial charge in [-0.3, -0.25) is 4.68 Å². The molecule has 0 aliphatic carbocycles. The topological polar surface area (TPSA) is 29.9 Å². The highest BCUT2D eigenvalue weighted by Gasteiger charge is 2.19. The summed E-state index contributed by atoms with van der Waals surface area (Å²) in [6.45, 7) is 2.87. The maximum Gasteiger partial charge on any atom is 0.146 e. The molecule has 1 aromatic heterocycles.